The number of aliphatic carboxylic acids is 1. The van der Waals surface area contributed by atoms with Crippen molar-refractivity contribution >= 4 is 23.7 Å². The highest BCUT2D eigenvalue weighted by Gasteiger charge is 2.40. The Balaban J connectivity index is 2.12. The fourth-order valence-electron chi connectivity index (χ4n) is 5.43. The zero-order valence-corrected chi connectivity index (χ0v) is 23.9. The quantitative estimate of drug-likeness (QED) is 0.375. The summed E-state index contributed by atoms with van der Waals surface area (Å²) in [6, 6.07) is -1.38. The van der Waals surface area contributed by atoms with Crippen molar-refractivity contribution in [2.24, 2.45) is 11.3 Å². The monoisotopic (exact) mass is 523 g/mol. The molecule has 0 saturated carbocycles. The summed E-state index contributed by atoms with van der Waals surface area (Å²) in [6.45, 7) is 12.3. The minimum Gasteiger partial charge on any atom is -0.481 e. The average molecular weight is 524 g/mol. The van der Waals surface area contributed by atoms with Crippen LogP contribution in [0.5, 0.6) is 0 Å². The fourth-order valence-corrected chi connectivity index (χ4v) is 5.43. The molecule has 0 aliphatic carbocycles. The standard InChI is InChI=1S/C27H49N5O5/c1-18(2)21(17-32-16-10-12-20(32)24(35)28-14-13-22(33)34)31(7)26(37)23(27(3,4)5)29-25(36)19-11-8-9-15-30(19)6/h18-21,23H,8-17H2,1-7H3,(H,28,35)(H,29,36)(H,33,34)/t19-,20+,21-,23-/m1/s1. The van der Waals surface area contributed by atoms with Crippen LogP contribution in [0.4, 0.5) is 0 Å². The Kier molecular flexibility index (Phi) is 11.4. The maximum atomic E-state index is 13.9. The molecule has 0 radical (unpaired) electrons. The molecule has 4 atom stereocenters. The van der Waals surface area contributed by atoms with E-state index in [0.29, 0.717) is 13.0 Å². The second-order valence-corrected chi connectivity index (χ2v) is 12.1. The Morgan fingerprint density at radius 3 is 2.22 bits per heavy atom. The summed E-state index contributed by atoms with van der Waals surface area (Å²) in [7, 11) is 3.76. The van der Waals surface area contributed by atoms with Crippen molar-refractivity contribution in [3.8, 4) is 0 Å². The Bertz CT molecular complexity index is 811. The summed E-state index contributed by atoms with van der Waals surface area (Å²) in [5.41, 5.74) is -0.476. The molecular weight excluding hydrogens is 474 g/mol. The molecule has 37 heavy (non-hydrogen) atoms. The third kappa shape index (κ3) is 8.67. The van der Waals surface area contributed by atoms with Gasteiger partial charge in [-0.05, 0) is 57.2 Å². The van der Waals surface area contributed by atoms with Gasteiger partial charge in [-0.1, -0.05) is 41.0 Å². The minimum absolute atomic E-state index is 0.0948. The van der Waals surface area contributed by atoms with E-state index in [-0.39, 0.29) is 54.7 Å². The summed E-state index contributed by atoms with van der Waals surface area (Å²) in [5, 5.41) is 14.7. The number of nitrogens with one attached hydrogen (secondary N) is 2. The van der Waals surface area contributed by atoms with Crippen molar-refractivity contribution in [3.05, 3.63) is 0 Å². The summed E-state index contributed by atoms with van der Waals surface area (Å²) in [5.74, 6) is -1.20. The van der Waals surface area contributed by atoms with E-state index < -0.39 is 17.4 Å². The van der Waals surface area contributed by atoms with Crippen LogP contribution in [-0.4, -0.2) is 108 Å². The van der Waals surface area contributed by atoms with Crippen LogP contribution in [0.25, 0.3) is 0 Å². The first-order valence-corrected chi connectivity index (χ1v) is 13.7. The third-order valence-corrected chi connectivity index (χ3v) is 7.81. The van der Waals surface area contributed by atoms with Crippen molar-refractivity contribution < 1.29 is 24.3 Å². The highest BCUT2D eigenvalue weighted by molar-refractivity contribution is 5.90. The van der Waals surface area contributed by atoms with Gasteiger partial charge in [-0.15, -0.1) is 0 Å². The Morgan fingerprint density at radius 2 is 1.65 bits per heavy atom. The number of hydrogen-bond donors (Lipinski definition) is 3. The molecule has 0 aromatic carbocycles. The maximum absolute atomic E-state index is 13.9. The molecule has 0 aromatic rings. The molecule has 2 aliphatic heterocycles. The molecule has 0 unspecified atom stereocenters. The Labute approximate surface area is 222 Å². The van der Waals surface area contributed by atoms with Crippen molar-refractivity contribution in [1.29, 1.82) is 0 Å². The molecular formula is C27H49N5O5. The number of rotatable bonds is 11. The molecule has 212 valence electrons. The van der Waals surface area contributed by atoms with Crippen LogP contribution in [0.2, 0.25) is 0 Å². The SMILES string of the molecule is CC(C)[C@@H](CN1CCC[C@H]1C(=O)NCCC(=O)O)N(C)C(=O)[C@@H](NC(=O)[C@H]1CCCCN1C)C(C)(C)C. The van der Waals surface area contributed by atoms with Gasteiger partial charge in [-0.2, -0.15) is 0 Å². The molecule has 10 nitrogen and oxygen atoms in total. The van der Waals surface area contributed by atoms with Gasteiger partial charge < -0.3 is 20.6 Å². The lowest BCUT2D eigenvalue weighted by atomic mass is 9.84. The number of hydrogen-bond acceptors (Lipinski definition) is 6. The van der Waals surface area contributed by atoms with Crippen LogP contribution in [0.3, 0.4) is 0 Å². The normalized spacial score (nSPS) is 22.9. The number of likely N-dealkylation sites (tertiary alicyclic amines) is 2. The first-order chi connectivity index (χ1) is 17.2. The average Bonchev–Trinajstić information content (AvgIpc) is 3.27. The Morgan fingerprint density at radius 1 is 1.00 bits per heavy atom. The van der Waals surface area contributed by atoms with E-state index in [2.05, 4.69) is 34.3 Å². The van der Waals surface area contributed by atoms with Gasteiger partial charge in [0, 0.05) is 26.2 Å². The van der Waals surface area contributed by atoms with Gasteiger partial charge in [0.15, 0.2) is 0 Å². The van der Waals surface area contributed by atoms with Gasteiger partial charge in [0.05, 0.1) is 18.5 Å². The van der Waals surface area contributed by atoms with Crippen LogP contribution >= 0.6 is 0 Å². The zero-order chi connectivity index (χ0) is 27.9. The van der Waals surface area contributed by atoms with Gasteiger partial charge in [0.2, 0.25) is 17.7 Å². The summed E-state index contributed by atoms with van der Waals surface area (Å²) in [4.78, 5) is 56.6. The van der Waals surface area contributed by atoms with Crippen LogP contribution in [0, 0.1) is 11.3 Å². The topological polar surface area (TPSA) is 122 Å². The maximum Gasteiger partial charge on any atom is 0.305 e. The summed E-state index contributed by atoms with van der Waals surface area (Å²) >= 11 is 0. The second kappa shape index (κ2) is 13.6. The number of carboxylic acids is 1. The van der Waals surface area contributed by atoms with Crippen molar-refractivity contribution in [1.82, 2.24) is 25.3 Å². The molecule has 0 bridgehead atoms. The van der Waals surface area contributed by atoms with E-state index >= 15 is 0 Å². The molecule has 3 amide bonds. The lowest BCUT2D eigenvalue weighted by Gasteiger charge is -2.41. The lowest BCUT2D eigenvalue weighted by Crippen LogP contribution is -2.61. The van der Waals surface area contributed by atoms with E-state index in [1.165, 1.54) is 0 Å². The highest BCUT2D eigenvalue weighted by atomic mass is 16.4. The van der Waals surface area contributed by atoms with E-state index in [0.717, 1.165) is 38.8 Å². The highest BCUT2D eigenvalue weighted by Crippen LogP contribution is 2.26. The number of carbonyl (C=O) groups excluding carboxylic acids is 3. The molecule has 2 fully saturated rings. The minimum atomic E-state index is -0.945. The van der Waals surface area contributed by atoms with E-state index in [9.17, 15) is 19.2 Å². The Hall–Kier alpha value is -2.20. The van der Waals surface area contributed by atoms with Gasteiger partial charge in [0.1, 0.15) is 6.04 Å². The molecule has 0 aromatic heterocycles. The lowest BCUT2D eigenvalue weighted by molar-refractivity contribution is -0.142. The predicted octanol–water partition coefficient (Wildman–Crippen LogP) is 1.54. The predicted molar refractivity (Wildman–Crippen MR) is 143 cm³/mol. The molecule has 2 aliphatic rings. The summed E-state index contributed by atoms with van der Waals surface area (Å²) < 4.78 is 0. The first kappa shape index (κ1) is 31.0. The van der Waals surface area contributed by atoms with Crippen LogP contribution in [0.15, 0.2) is 0 Å². The number of carbonyl (C=O) groups is 4. The van der Waals surface area contributed by atoms with Crippen LogP contribution in [-0.2, 0) is 19.2 Å². The number of likely N-dealkylation sites (N-methyl/N-ethyl adjacent to an activating group) is 2. The second-order valence-electron chi connectivity index (χ2n) is 12.1. The number of carboxylic acid groups (broad SMARTS) is 1. The molecule has 2 rings (SSSR count). The van der Waals surface area contributed by atoms with E-state index in [4.69, 9.17) is 5.11 Å². The number of nitrogens with zero attached hydrogens (tertiary/aromatic N) is 3. The molecule has 10 heteroatoms. The largest absolute Gasteiger partial charge is 0.481 e. The molecule has 2 heterocycles. The fraction of sp³-hybridized carbons (Fsp3) is 0.852. The number of piperidine rings is 1. The first-order valence-electron chi connectivity index (χ1n) is 13.7. The number of amides is 3. The molecule has 3 N–H and O–H groups in total. The zero-order valence-electron chi connectivity index (χ0n) is 23.9. The van der Waals surface area contributed by atoms with E-state index in [1.807, 2.05) is 27.8 Å². The smallest absolute Gasteiger partial charge is 0.305 e. The van der Waals surface area contributed by atoms with Crippen LogP contribution in [0.1, 0.15) is 73.1 Å². The third-order valence-electron chi connectivity index (χ3n) is 7.81. The van der Waals surface area contributed by atoms with Crippen LogP contribution < -0.4 is 10.6 Å². The van der Waals surface area contributed by atoms with E-state index in [1.54, 1.807) is 11.9 Å². The van der Waals surface area contributed by atoms with Crippen molar-refractivity contribution in [2.45, 2.75) is 97.3 Å². The van der Waals surface area contributed by atoms with Crippen molar-refractivity contribution in [2.75, 3.05) is 40.3 Å². The van der Waals surface area contributed by atoms with Gasteiger partial charge in [-0.3, -0.25) is 29.0 Å². The van der Waals surface area contributed by atoms with Gasteiger partial charge in [-0.25, -0.2) is 0 Å². The molecule has 0 spiro atoms. The van der Waals surface area contributed by atoms with Gasteiger partial charge >= 0.3 is 5.97 Å². The molecule has 2 saturated heterocycles. The summed E-state index contributed by atoms with van der Waals surface area (Å²) in [6.07, 6.45) is 4.35. The van der Waals surface area contributed by atoms with Crippen molar-refractivity contribution in [3.63, 3.8) is 0 Å². The van der Waals surface area contributed by atoms with Gasteiger partial charge in [0.25, 0.3) is 0 Å².